The topological polar surface area (TPSA) is 47.9 Å². The molecule has 206 valence electrons. The van der Waals surface area contributed by atoms with Gasteiger partial charge in [0.2, 0.25) is 0 Å². The third-order valence-electron chi connectivity index (χ3n) is 10.7. The summed E-state index contributed by atoms with van der Waals surface area (Å²) in [5, 5.41) is 11.2. The number of aliphatic hydroxyl groups excluding tert-OH is 1. The number of hydrogen-bond acceptors (Lipinski definition) is 4. The second-order valence-electron chi connectivity index (χ2n) is 13.7. The third-order valence-corrected chi connectivity index (χ3v) is 10.7. The first-order chi connectivity index (χ1) is 18.2. The molecule has 1 heterocycles. The van der Waals surface area contributed by atoms with Crippen LogP contribution in [-0.4, -0.2) is 43.4 Å². The number of rotatable bonds is 3. The quantitative estimate of drug-likeness (QED) is 0.278. The summed E-state index contributed by atoms with van der Waals surface area (Å²) in [5.74, 6) is 8.10. The highest BCUT2D eigenvalue weighted by atomic mass is 16.7. The highest BCUT2D eigenvalue weighted by Gasteiger charge is 2.57. The van der Waals surface area contributed by atoms with Crippen molar-refractivity contribution in [2.24, 2.45) is 28.6 Å². The monoisotopic (exact) mass is 518 g/mol. The first kappa shape index (κ1) is 26.6. The Morgan fingerprint density at radius 2 is 1.76 bits per heavy atom. The molecule has 5 aliphatic rings. The first-order valence-electron chi connectivity index (χ1n) is 15.1. The van der Waals surface area contributed by atoms with Crippen LogP contribution in [0.5, 0.6) is 0 Å². The zero-order valence-corrected chi connectivity index (χ0v) is 23.9. The number of aliphatic hydroxyl groups is 1. The Morgan fingerprint density at radius 1 is 1.00 bits per heavy atom. The Balaban J connectivity index is 1.32. The van der Waals surface area contributed by atoms with Crippen molar-refractivity contribution in [3.63, 3.8) is 0 Å². The molecular weight excluding hydrogens is 472 g/mol. The Morgan fingerprint density at radius 3 is 2.50 bits per heavy atom. The van der Waals surface area contributed by atoms with Crippen molar-refractivity contribution in [3.8, 4) is 11.8 Å². The molecule has 1 aromatic rings. The minimum absolute atomic E-state index is 0.000732. The highest BCUT2D eigenvalue weighted by Crippen LogP contribution is 2.64. The lowest BCUT2D eigenvalue weighted by Crippen LogP contribution is -2.52. The zero-order valence-electron chi connectivity index (χ0n) is 23.9. The molecular formula is C34H46O4. The molecule has 1 aromatic carbocycles. The van der Waals surface area contributed by atoms with E-state index in [4.69, 9.17) is 14.2 Å². The van der Waals surface area contributed by atoms with Gasteiger partial charge in [0, 0.05) is 36.3 Å². The van der Waals surface area contributed by atoms with Crippen LogP contribution in [0.15, 0.2) is 35.4 Å². The minimum atomic E-state index is -0.388. The van der Waals surface area contributed by atoms with E-state index in [2.05, 4.69) is 56.9 Å². The van der Waals surface area contributed by atoms with Gasteiger partial charge in [-0.2, -0.15) is 0 Å². The molecule has 6 atom stereocenters. The first-order valence-corrected chi connectivity index (χ1v) is 15.1. The maximum Gasteiger partial charge on any atom is 0.169 e. The second kappa shape index (κ2) is 10.1. The van der Waals surface area contributed by atoms with Crippen LogP contribution in [0.3, 0.4) is 0 Å². The van der Waals surface area contributed by atoms with Gasteiger partial charge in [0.15, 0.2) is 5.79 Å². The Labute approximate surface area is 229 Å². The van der Waals surface area contributed by atoms with Gasteiger partial charge in [0.1, 0.15) is 6.61 Å². The fraction of sp³-hybridized carbons (Fsp3) is 0.706. The van der Waals surface area contributed by atoms with Gasteiger partial charge in [0.05, 0.1) is 19.3 Å². The van der Waals surface area contributed by atoms with Gasteiger partial charge >= 0.3 is 0 Å². The van der Waals surface area contributed by atoms with E-state index in [1.54, 1.807) is 11.1 Å². The van der Waals surface area contributed by atoms with Gasteiger partial charge in [-0.3, -0.25) is 0 Å². The summed E-state index contributed by atoms with van der Waals surface area (Å²) < 4.78 is 18.3. The van der Waals surface area contributed by atoms with Crippen LogP contribution in [-0.2, 0) is 14.2 Å². The van der Waals surface area contributed by atoms with E-state index in [1.165, 1.54) is 18.4 Å². The second-order valence-corrected chi connectivity index (χ2v) is 13.7. The van der Waals surface area contributed by atoms with E-state index in [-0.39, 0.29) is 22.7 Å². The van der Waals surface area contributed by atoms with E-state index >= 15 is 0 Å². The molecule has 4 aliphatic carbocycles. The minimum Gasteiger partial charge on any atom is -0.393 e. The van der Waals surface area contributed by atoms with Gasteiger partial charge in [-0.1, -0.05) is 55.9 Å². The van der Waals surface area contributed by atoms with E-state index in [9.17, 15) is 5.11 Å². The summed E-state index contributed by atoms with van der Waals surface area (Å²) >= 11 is 0. The Bertz CT molecular complexity index is 1110. The van der Waals surface area contributed by atoms with Crippen LogP contribution in [0.25, 0.3) is 0 Å². The fourth-order valence-corrected chi connectivity index (χ4v) is 8.59. The van der Waals surface area contributed by atoms with E-state index in [0.29, 0.717) is 36.9 Å². The number of fused-ring (bicyclic) bond motifs is 4. The fourth-order valence-electron chi connectivity index (χ4n) is 8.59. The van der Waals surface area contributed by atoms with Gasteiger partial charge < -0.3 is 19.3 Å². The van der Waals surface area contributed by atoms with Gasteiger partial charge in [-0.05, 0) is 86.3 Å². The van der Waals surface area contributed by atoms with Crippen molar-refractivity contribution in [2.45, 2.75) is 96.9 Å². The average Bonchev–Trinajstić information content (AvgIpc) is 3.22. The smallest absolute Gasteiger partial charge is 0.169 e. The van der Waals surface area contributed by atoms with Crippen molar-refractivity contribution in [1.82, 2.24) is 0 Å². The molecule has 1 N–H and O–H groups in total. The molecule has 0 amide bonds. The van der Waals surface area contributed by atoms with Crippen LogP contribution in [0.1, 0.15) is 96.1 Å². The third kappa shape index (κ3) is 4.68. The molecule has 0 radical (unpaired) electrons. The van der Waals surface area contributed by atoms with Crippen LogP contribution in [0.2, 0.25) is 0 Å². The predicted molar refractivity (Wildman–Crippen MR) is 150 cm³/mol. The summed E-state index contributed by atoms with van der Waals surface area (Å²) in [6, 6.07) is 8.95. The van der Waals surface area contributed by atoms with Crippen molar-refractivity contribution < 1.29 is 19.3 Å². The summed E-state index contributed by atoms with van der Waals surface area (Å²) in [6.07, 6.45) is 8.48. The van der Waals surface area contributed by atoms with Crippen LogP contribution in [0.4, 0.5) is 0 Å². The summed E-state index contributed by atoms with van der Waals surface area (Å²) in [6.45, 7) is 11.6. The largest absolute Gasteiger partial charge is 0.393 e. The normalized spacial score (nSPS) is 37.1. The van der Waals surface area contributed by atoms with E-state index in [1.807, 2.05) is 6.92 Å². The number of hydrogen-bond donors (Lipinski definition) is 1. The Hall–Kier alpha value is -1.64. The van der Waals surface area contributed by atoms with Gasteiger partial charge in [-0.25, -0.2) is 0 Å². The number of ether oxygens (including phenoxy) is 3. The van der Waals surface area contributed by atoms with Gasteiger partial charge in [0.25, 0.3) is 0 Å². The molecule has 1 aliphatic heterocycles. The lowest BCUT2D eigenvalue weighted by molar-refractivity contribution is -0.312. The highest BCUT2D eigenvalue weighted by molar-refractivity contribution is 5.43. The van der Waals surface area contributed by atoms with E-state index in [0.717, 1.165) is 57.3 Å². The molecule has 1 spiro atoms. The maximum atomic E-state index is 11.2. The average molecular weight is 519 g/mol. The standard InChI is InChI=1S/C34H46O4/c1-5-36-18-6-7-23-8-10-24(11-9-23)28-20-33(4)29(14-15-30(33)35)27-13-12-25-19-34(17-16-26(25)31(27)28)37-21-32(2,3)22-38-34/h8-11,25,27-30,35H,5,12-22H2,1-4H3. The SMILES string of the molecule is CCOCC#Cc1ccc(C2CC3(C)C(O)CCC3C3CCC4CC5(CCC4=C23)OCC(C)(C)CO5)cc1. The van der Waals surface area contributed by atoms with Crippen LogP contribution < -0.4 is 0 Å². The summed E-state index contributed by atoms with van der Waals surface area (Å²) in [7, 11) is 0. The zero-order chi connectivity index (χ0) is 26.5. The maximum absolute atomic E-state index is 11.2. The lowest BCUT2D eigenvalue weighted by Gasteiger charge is -2.55. The molecule has 0 aromatic heterocycles. The van der Waals surface area contributed by atoms with Gasteiger partial charge in [-0.15, -0.1) is 0 Å². The van der Waals surface area contributed by atoms with Crippen molar-refractivity contribution in [2.75, 3.05) is 26.4 Å². The molecule has 6 rings (SSSR count). The molecule has 4 fully saturated rings. The molecule has 3 saturated carbocycles. The van der Waals surface area contributed by atoms with Crippen LogP contribution in [0, 0.1) is 40.4 Å². The molecule has 4 heteroatoms. The molecule has 1 saturated heterocycles. The predicted octanol–water partition coefficient (Wildman–Crippen LogP) is 6.62. The number of allylic oxidation sites excluding steroid dienone is 2. The van der Waals surface area contributed by atoms with E-state index < -0.39 is 0 Å². The lowest BCUT2D eigenvalue weighted by atomic mass is 9.52. The number of benzene rings is 1. The summed E-state index contributed by atoms with van der Waals surface area (Å²) in [4.78, 5) is 0. The summed E-state index contributed by atoms with van der Waals surface area (Å²) in [5.41, 5.74) is 5.96. The van der Waals surface area contributed by atoms with Crippen molar-refractivity contribution >= 4 is 0 Å². The molecule has 4 nitrogen and oxygen atoms in total. The molecule has 38 heavy (non-hydrogen) atoms. The van der Waals surface area contributed by atoms with Crippen LogP contribution >= 0.6 is 0 Å². The Kier molecular flexibility index (Phi) is 7.05. The molecule has 0 bridgehead atoms. The molecule has 6 unspecified atom stereocenters. The van der Waals surface area contributed by atoms with Crippen molar-refractivity contribution in [1.29, 1.82) is 0 Å². The van der Waals surface area contributed by atoms with Crippen molar-refractivity contribution in [3.05, 3.63) is 46.5 Å².